The van der Waals surface area contributed by atoms with Crippen LogP contribution in [0, 0.1) is 0 Å². The Bertz CT molecular complexity index is 601. The lowest BCUT2D eigenvalue weighted by Gasteiger charge is -2.36. The molecule has 144 valence electrons. The minimum absolute atomic E-state index is 0.0296. The number of aryl methyl sites for hydroxylation is 1. The van der Waals surface area contributed by atoms with Crippen molar-refractivity contribution in [3.63, 3.8) is 0 Å². The molecule has 0 saturated carbocycles. The predicted molar refractivity (Wildman–Crippen MR) is 101 cm³/mol. The van der Waals surface area contributed by atoms with E-state index >= 15 is 0 Å². The highest BCUT2D eigenvalue weighted by molar-refractivity contribution is 6.06. The summed E-state index contributed by atoms with van der Waals surface area (Å²) in [5.74, 6) is -0.108. The molecule has 0 radical (unpaired) electrons. The quantitative estimate of drug-likeness (QED) is 0.828. The van der Waals surface area contributed by atoms with Crippen LogP contribution in [-0.4, -0.2) is 56.6 Å². The van der Waals surface area contributed by atoms with Gasteiger partial charge in [-0.3, -0.25) is 14.3 Å². The number of aromatic nitrogens is 2. The summed E-state index contributed by atoms with van der Waals surface area (Å²) in [6.07, 6.45) is 10.1. The van der Waals surface area contributed by atoms with Gasteiger partial charge >= 0.3 is 0 Å². The van der Waals surface area contributed by atoms with Crippen molar-refractivity contribution in [1.29, 1.82) is 0 Å². The summed E-state index contributed by atoms with van der Waals surface area (Å²) in [6, 6.07) is 0.539. The number of piperidine rings is 2. The smallest absolute Gasteiger partial charge is 0.275 e. The molecule has 0 bridgehead atoms. The highest BCUT2D eigenvalue weighted by Crippen LogP contribution is 2.25. The minimum Gasteiger partial charge on any atom is -0.336 e. The molecular formula is C20H32N4O2. The van der Waals surface area contributed by atoms with Crippen LogP contribution in [0.2, 0.25) is 0 Å². The Kier molecular flexibility index (Phi) is 5.99. The molecule has 3 heterocycles. The molecule has 0 unspecified atom stereocenters. The standard InChI is InChI=1S/C20H32N4O2/c1-4-15-10-6-8-12-23(15)19(25)17-14-22(3)21-18(17)20(26)24-13-9-7-11-16(24)5-2/h14-16H,4-13H2,1-3H3/t15-,16-/m0/s1. The van der Waals surface area contributed by atoms with Crippen LogP contribution in [0.1, 0.15) is 86.1 Å². The van der Waals surface area contributed by atoms with Gasteiger partial charge in [-0.25, -0.2) is 0 Å². The molecule has 2 amide bonds. The van der Waals surface area contributed by atoms with E-state index in [-0.39, 0.29) is 23.9 Å². The fourth-order valence-electron chi connectivity index (χ4n) is 4.48. The van der Waals surface area contributed by atoms with Crippen LogP contribution in [0.5, 0.6) is 0 Å². The molecule has 0 spiro atoms. The zero-order valence-electron chi connectivity index (χ0n) is 16.4. The average molecular weight is 361 g/mol. The fraction of sp³-hybridized carbons (Fsp3) is 0.750. The summed E-state index contributed by atoms with van der Waals surface area (Å²) in [5, 5.41) is 4.40. The van der Waals surface area contributed by atoms with E-state index in [0.717, 1.165) is 51.6 Å². The number of amides is 2. The highest BCUT2D eigenvalue weighted by atomic mass is 16.2. The van der Waals surface area contributed by atoms with E-state index < -0.39 is 0 Å². The summed E-state index contributed by atoms with van der Waals surface area (Å²) in [5.41, 5.74) is 0.802. The Morgan fingerprint density at radius 3 is 2.04 bits per heavy atom. The molecule has 2 saturated heterocycles. The van der Waals surface area contributed by atoms with E-state index in [1.165, 1.54) is 12.8 Å². The van der Waals surface area contributed by atoms with Crippen LogP contribution in [0.25, 0.3) is 0 Å². The Balaban J connectivity index is 1.87. The van der Waals surface area contributed by atoms with Gasteiger partial charge in [0.25, 0.3) is 11.8 Å². The summed E-state index contributed by atoms with van der Waals surface area (Å²) < 4.78 is 1.61. The van der Waals surface area contributed by atoms with Gasteiger partial charge in [-0.1, -0.05) is 13.8 Å². The molecule has 6 heteroatoms. The van der Waals surface area contributed by atoms with Crippen LogP contribution in [0.4, 0.5) is 0 Å². The topological polar surface area (TPSA) is 58.4 Å². The van der Waals surface area contributed by atoms with E-state index in [1.54, 1.807) is 17.9 Å². The Morgan fingerprint density at radius 1 is 0.962 bits per heavy atom. The number of rotatable bonds is 4. The third-order valence-corrected chi connectivity index (χ3v) is 5.98. The van der Waals surface area contributed by atoms with Gasteiger partial charge in [0.05, 0.1) is 5.56 Å². The molecule has 2 aliphatic rings. The van der Waals surface area contributed by atoms with Crippen molar-refractivity contribution in [2.45, 2.75) is 77.3 Å². The van der Waals surface area contributed by atoms with Gasteiger partial charge in [0.1, 0.15) is 0 Å². The zero-order valence-corrected chi connectivity index (χ0v) is 16.4. The second kappa shape index (κ2) is 8.23. The largest absolute Gasteiger partial charge is 0.336 e. The van der Waals surface area contributed by atoms with Crippen molar-refractivity contribution in [2.75, 3.05) is 13.1 Å². The maximum absolute atomic E-state index is 13.2. The first-order valence-corrected chi connectivity index (χ1v) is 10.2. The van der Waals surface area contributed by atoms with Gasteiger partial charge in [0.15, 0.2) is 5.69 Å². The lowest BCUT2D eigenvalue weighted by Crippen LogP contribution is -2.46. The summed E-state index contributed by atoms with van der Waals surface area (Å²) in [4.78, 5) is 30.4. The van der Waals surface area contributed by atoms with E-state index in [2.05, 4.69) is 18.9 Å². The monoisotopic (exact) mass is 360 g/mol. The molecule has 2 fully saturated rings. The summed E-state index contributed by atoms with van der Waals surface area (Å²) in [7, 11) is 1.79. The van der Waals surface area contributed by atoms with Gasteiger partial charge in [-0.15, -0.1) is 0 Å². The van der Waals surface area contributed by atoms with E-state index in [1.807, 2.05) is 9.80 Å². The summed E-state index contributed by atoms with van der Waals surface area (Å²) >= 11 is 0. The van der Waals surface area contributed by atoms with Gasteiger partial charge in [-0.05, 0) is 51.4 Å². The number of hydrogen-bond acceptors (Lipinski definition) is 3. The van der Waals surface area contributed by atoms with Gasteiger partial charge < -0.3 is 9.80 Å². The van der Waals surface area contributed by atoms with Crippen molar-refractivity contribution in [3.05, 3.63) is 17.5 Å². The molecule has 1 aromatic heterocycles. The summed E-state index contributed by atoms with van der Waals surface area (Å²) in [6.45, 7) is 5.80. The second-order valence-electron chi connectivity index (χ2n) is 7.68. The minimum atomic E-state index is -0.0782. The normalized spacial score (nSPS) is 24.0. The van der Waals surface area contributed by atoms with Gasteiger partial charge in [0, 0.05) is 38.4 Å². The molecule has 0 aromatic carbocycles. The average Bonchev–Trinajstić information content (AvgIpc) is 3.08. The van der Waals surface area contributed by atoms with Crippen molar-refractivity contribution >= 4 is 11.8 Å². The van der Waals surface area contributed by atoms with Crippen molar-refractivity contribution in [2.24, 2.45) is 7.05 Å². The lowest BCUT2D eigenvalue weighted by atomic mass is 9.98. The molecular weight excluding hydrogens is 328 g/mol. The fourth-order valence-corrected chi connectivity index (χ4v) is 4.48. The van der Waals surface area contributed by atoms with Crippen molar-refractivity contribution in [1.82, 2.24) is 19.6 Å². The second-order valence-corrected chi connectivity index (χ2v) is 7.68. The van der Waals surface area contributed by atoms with Crippen LogP contribution in [-0.2, 0) is 7.05 Å². The van der Waals surface area contributed by atoms with Crippen molar-refractivity contribution in [3.8, 4) is 0 Å². The van der Waals surface area contributed by atoms with Gasteiger partial charge in [-0.2, -0.15) is 5.10 Å². The Labute approximate surface area is 156 Å². The number of carbonyl (C=O) groups excluding carboxylic acids is 2. The molecule has 3 rings (SSSR count). The van der Waals surface area contributed by atoms with Crippen LogP contribution < -0.4 is 0 Å². The molecule has 0 N–H and O–H groups in total. The molecule has 0 aliphatic carbocycles. The maximum Gasteiger partial charge on any atom is 0.275 e. The zero-order chi connectivity index (χ0) is 18.7. The maximum atomic E-state index is 13.2. The first-order chi connectivity index (χ1) is 12.6. The van der Waals surface area contributed by atoms with E-state index in [9.17, 15) is 9.59 Å². The first-order valence-electron chi connectivity index (χ1n) is 10.2. The number of likely N-dealkylation sites (tertiary alicyclic amines) is 2. The third kappa shape index (κ3) is 3.64. The lowest BCUT2D eigenvalue weighted by molar-refractivity contribution is 0.0564. The van der Waals surface area contributed by atoms with E-state index in [4.69, 9.17) is 0 Å². The molecule has 2 atom stereocenters. The first kappa shape index (κ1) is 18.9. The number of hydrogen-bond donors (Lipinski definition) is 0. The Morgan fingerprint density at radius 2 is 1.50 bits per heavy atom. The molecule has 1 aromatic rings. The third-order valence-electron chi connectivity index (χ3n) is 5.98. The molecule has 26 heavy (non-hydrogen) atoms. The van der Waals surface area contributed by atoms with E-state index in [0.29, 0.717) is 11.3 Å². The van der Waals surface area contributed by atoms with Crippen LogP contribution >= 0.6 is 0 Å². The van der Waals surface area contributed by atoms with Gasteiger partial charge in [0.2, 0.25) is 0 Å². The highest BCUT2D eigenvalue weighted by Gasteiger charge is 2.34. The Hall–Kier alpha value is -1.85. The van der Waals surface area contributed by atoms with Crippen molar-refractivity contribution < 1.29 is 9.59 Å². The number of carbonyl (C=O) groups is 2. The van der Waals surface area contributed by atoms with Crippen LogP contribution in [0.15, 0.2) is 6.20 Å². The number of nitrogens with zero attached hydrogens (tertiary/aromatic N) is 4. The predicted octanol–water partition coefficient (Wildman–Crippen LogP) is 3.23. The molecule has 6 nitrogen and oxygen atoms in total. The SMILES string of the molecule is CC[C@H]1CCCCN1C(=O)c1cn(C)nc1C(=O)N1CCCC[C@@H]1CC. The molecule has 2 aliphatic heterocycles. The van der Waals surface area contributed by atoms with Crippen LogP contribution in [0.3, 0.4) is 0 Å².